The Morgan fingerprint density at radius 1 is 1.12 bits per heavy atom. The number of likely N-dealkylation sites (N-methyl/N-ethyl adjacent to an activating group) is 1. The van der Waals surface area contributed by atoms with Gasteiger partial charge in [-0.25, -0.2) is 0 Å². The van der Waals surface area contributed by atoms with E-state index in [1.807, 2.05) is 0 Å². The molecule has 17 heavy (non-hydrogen) atoms. The Balaban J connectivity index is 1.62. The number of nitrogens with zero attached hydrogens (tertiary/aromatic N) is 2. The Labute approximate surface area is 104 Å². The van der Waals surface area contributed by atoms with Crippen LogP contribution < -0.4 is 0 Å². The molecule has 0 bridgehead atoms. The van der Waals surface area contributed by atoms with Crippen molar-refractivity contribution in [2.24, 2.45) is 17.8 Å². The summed E-state index contributed by atoms with van der Waals surface area (Å²) in [4.78, 5) is 17.0. The second-order valence-electron chi connectivity index (χ2n) is 6.92. The highest BCUT2D eigenvalue weighted by atomic mass is 16.2. The van der Waals surface area contributed by atoms with Crippen molar-refractivity contribution >= 4 is 5.91 Å². The predicted molar refractivity (Wildman–Crippen MR) is 67.6 cm³/mol. The van der Waals surface area contributed by atoms with Crippen molar-refractivity contribution in [2.75, 3.05) is 26.7 Å². The van der Waals surface area contributed by atoms with Crippen LogP contribution >= 0.6 is 0 Å². The summed E-state index contributed by atoms with van der Waals surface area (Å²) in [5.41, 5.74) is 0.134. The second kappa shape index (κ2) is 3.71. The van der Waals surface area contributed by atoms with Crippen LogP contribution in [-0.2, 0) is 4.79 Å². The standard InChI is InChI=1S/C14H24N2O/c1-14(2)9-16(5-4-15(14)3)13(17)12-7-10-6-11(10)8-12/h10-12H,4-9H2,1-3H3. The van der Waals surface area contributed by atoms with E-state index in [0.29, 0.717) is 11.8 Å². The van der Waals surface area contributed by atoms with Gasteiger partial charge in [-0.05, 0) is 52.0 Å². The quantitative estimate of drug-likeness (QED) is 0.690. The van der Waals surface area contributed by atoms with E-state index in [-0.39, 0.29) is 5.54 Å². The van der Waals surface area contributed by atoms with E-state index < -0.39 is 0 Å². The van der Waals surface area contributed by atoms with Crippen molar-refractivity contribution in [1.29, 1.82) is 0 Å². The van der Waals surface area contributed by atoms with Crippen LogP contribution in [0, 0.1) is 17.8 Å². The van der Waals surface area contributed by atoms with E-state index in [0.717, 1.165) is 31.5 Å². The first-order valence-electron chi connectivity index (χ1n) is 6.97. The van der Waals surface area contributed by atoms with Crippen LogP contribution in [0.2, 0.25) is 0 Å². The molecule has 3 fully saturated rings. The van der Waals surface area contributed by atoms with Gasteiger partial charge in [-0.2, -0.15) is 0 Å². The van der Waals surface area contributed by atoms with E-state index in [1.54, 1.807) is 0 Å². The van der Waals surface area contributed by atoms with Crippen molar-refractivity contribution in [3.05, 3.63) is 0 Å². The van der Waals surface area contributed by atoms with Crippen LogP contribution in [0.15, 0.2) is 0 Å². The Kier molecular flexibility index (Phi) is 2.51. The van der Waals surface area contributed by atoms with Crippen molar-refractivity contribution in [3.8, 4) is 0 Å². The van der Waals surface area contributed by atoms with Gasteiger partial charge in [0.1, 0.15) is 0 Å². The summed E-state index contributed by atoms with van der Waals surface area (Å²) in [6.45, 7) is 7.30. The first kappa shape index (κ1) is 11.5. The fourth-order valence-electron chi connectivity index (χ4n) is 3.60. The molecule has 3 nitrogen and oxygen atoms in total. The molecule has 3 heteroatoms. The lowest BCUT2D eigenvalue weighted by Gasteiger charge is -2.46. The minimum atomic E-state index is 0.134. The smallest absolute Gasteiger partial charge is 0.225 e. The maximum absolute atomic E-state index is 12.5. The van der Waals surface area contributed by atoms with E-state index in [1.165, 1.54) is 19.3 Å². The van der Waals surface area contributed by atoms with E-state index >= 15 is 0 Å². The predicted octanol–water partition coefficient (Wildman–Crippen LogP) is 1.59. The molecule has 0 N–H and O–H groups in total. The highest BCUT2D eigenvalue weighted by molar-refractivity contribution is 5.79. The highest BCUT2D eigenvalue weighted by Gasteiger charge is 2.49. The molecule has 0 spiro atoms. The van der Waals surface area contributed by atoms with E-state index in [9.17, 15) is 4.79 Å². The average Bonchev–Trinajstić information content (AvgIpc) is 2.88. The van der Waals surface area contributed by atoms with Crippen LogP contribution in [0.4, 0.5) is 0 Å². The first-order chi connectivity index (χ1) is 7.97. The molecule has 0 radical (unpaired) electrons. The highest BCUT2D eigenvalue weighted by Crippen LogP contribution is 2.54. The molecule has 0 aromatic heterocycles. The van der Waals surface area contributed by atoms with Gasteiger partial charge in [-0.3, -0.25) is 9.69 Å². The number of hydrogen-bond acceptors (Lipinski definition) is 2. The lowest BCUT2D eigenvalue weighted by atomic mass is 9.96. The number of hydrogen-bond donors (Lipinski definition) is 0. The molecular formula is C14H24N2O. The van der Waals surface area contributed by atoms with Gasteiger partial charge in [0.25, 0.3) is 0 Å². The van der Waals surface area contributed by atoms with Crippen molar-refractivity contribution in [2.45, 2.75) is 38.6 Å². The van der Waals surface area contributed by atoms with Gasteiger partial charge >= 0.3 is 0 Å². The van der Waals surface area contributed by atoms with Crippen LogP contribution in [0.3, 0.4) is 0 Å². The Morgan fingerprint density at radius 2 is 1.76 bits per heavy atom. The van der Waals surface area contributed by atoms with Gasteiger partial charge in [0.2, 0.25) is 5.91 Å². The Bertz CT molecular complexity index is 329. The first-order valence-corrected chi connectivity index (χ1v) is 6.97. The average molecular weight is 236 g/mol. The van der Waals surface area contributed by atoms with Crippen LogP contribution in [0.25, 0.3) is 0 Å². The number of carbonyl (C=O) groups excluding carboxylic acids is 1. The molecule has 1 amide bonds. The largest absolute Gasteiger partial charge is 0.339 e. The molecule has 96 valence electrons. The zero-order chi connectivity index (χ0) is 12.2. The van der Waals surface area contributed by atoms with E-state index in [2.05, 4.69) is 30.7 Å². The number of amides is 1. The number of fused-ring (bicyclic) bond motifs is 1. The minimum absolute atomic E-state index is 0.134. The summed E-state index contributed by atoms with van der Waals surface area (Å²) in [5.74, 6) is 2.62. The number of piperazine rings is 1. The third-order valence-corrected chi connectivity index (χ3v) is 5.22. The van der Waals surface area contributed by atoms with Crippen molar-refractivity contribution < 1.29 is 4.79 Å². The molecule has 2 unspecified atom stereocenters. The third kappa shape index (κ3) is 1.99. The molecule has 2 aliphatic carbocycles. The number of rotatable bonds is 1. The molecule has 2 saturated carbocycles. The topological polar surface area (TPSA) is 23.6 Å². The number of carbonyl (C=O) groups is 1. The van der Waals surface area contributed by atoms with Gasteiger partial charge < -0.3 is 4.90 Å². The van der Waals surface area contributed by atoms with Gasteiger partial charge in [-0.1, -0.05) is 0 Å². The molecule has 1 heterocycles. The van der Waals surface area contributed by atoms with Gasteiger partial charge in [0.05, 0.1) is 0 Å². The lowest BCUT2D eigenvalue weighted by molar-refractivity contribution is -0.140. The summed E-state index contributed by atoms with van der Waals surface area (Å²) >= 11 is 0. The molecule has 1 aliphatic heterocycles. The fraction of sp³-hybridized carbons (Fsp3) is 0.929. The molecule has 2 atom stereocenters. The normalized spacial score (nSPS) is 40.2. The Morgan fingerprint density at radius 3 is 2.35 bits per heavy atom. The molecule has 1 saturated heterocycles. The lowest BCUT2D eigenvalue weighted by Crippen LogP contribution is -2.59. The third-order valence-electron chi connectivity index (χ3n) is 5.22. The van der Waals surface area contributed by atoms with Crippen LogP contribution in [0.1, 0.15) is 33.1 Å². The summed E-state index contributed by atoms with van der Waals surface area (Å²) in [6.07, 6.45) is 3.75. The zero-order valence-electron chi connectivity index (χ0n) is 11.3. The molecule has 3 rings (SSSR count). The second-order valence-corrected chi connectivity index (χ2v) is 6.92. The monoisotopic (exact) mass is 236 g/mol. The van der Waals surface area contributed by atoms with Crippen molar-refractivity contribution in [1.82, 2.24) is 9.80 Å². The van der Waals surface area contributed by atoms with Crippen molar-refractivity contribution in [3.63, 3.8) is 0 Å². The summed E-state index contributed by atoms with van der Waals surface area (Å²) in [7, 11) is 2.16. The molecular weight excluding hydrogens is 212 g/mol. The van der Waals surface area contributed by atoms with Gasteiger partial charge in [0.15, 0.2) is 0 Å². The van der Waals surface area contributed by atoms with Crippen LogP contribution in [-0.4, -0.2) is 47.9 Å². The summed E-state index contributed by atoms with van der Waals surface area (Å²) in [6, 6.07) is 0. The SMILES string of the molecule is CN1CCN(C(=O)C2CC3CC3C2)CC1(C)C. The van der Waals surface area contributed by atoms with Crippen LogP contribution in [0.5, 0.6) is 0 Å². The molecule has 3 aliphatic rings. The maximum atomic E-state index is 12.5. The van der Waals surface area contributed by atoms with Gasteiger partial charge in [-0.15, -0.1) is 0 Å². The van der Waals surface area contributed by atoms with E-state index in [4.69, 9.17) is 0 Å². The maximum Gasteiger partial charge on any atom is 0.225 e. The zero-order valence-corrected chi connectivity index (χ0v) is 11.3. The fourth-order valence-corrected chi connectivity index (χ4v) is 3.60. The summed E-state index contributed by atoms with van der Waals surface area (Å²) < 4.78 is 0. The van der Waals surface area contributed by atoms with Gasteiger partial charge in [0, 0.05) is 31.1 Å². The Hall–Kier alpha value is -0.570. The molecule has 0 aromatic carbocycles. The molecule has 0 aromatic rings. The summed E-state index contributed by atoms with van der Waals surface area (Å²) in [5, 5.41) is 0. The minimum Gasteiger partial charge on any atom is -0.339 e.